The van der Waals surface area contributed by atoms with E-state index < -0.39 is 0 Å². The number of benzene rings is 1. The molecule has 1 heterocycles. The highest BCUT2D eigenvalue weighted by Gasteiger charge is 2.12. The van der Waals surface area contributed by atoms with Crippen molar-refractivity contribution in [1.29, 1.82) is 0 Å². The molecule has 5 nitrogen and oxygen atoms in total. The fourth-order valence-corrected chi connectivity index (χ4v) is 2.40. The van der Waals surface area contributed by atoms with Crippen LogP contribution >= 0.6 is 11.3 Å². The van der Waals surface area contributed by atoms with E-state index in [0.29, 0.717) is 18.1 Å². The number of aromatic nitrogens is 1. The Morgan fingerprint density at radius 1 is 1.41 bits per heavy atom. The van der Waals surface area contributed by atoms with Gasteiger partial charge in [0.25, 0.3) is 5.91 Å². The van der Waals surface area contributed by atoms with Crippen LogP contribution in [0.2, 0.25) is 0 Å². The summed E-state index contributed by atoms with van der Waals surface area (Å²) < 4.78 is 10.8. The Morgan fingerprint density at radius 3 is 2.91 bits per heavy atom. The third-order valence-corrected chi connectivity index (χ3v) is 4.00. The molecule has 0 saturated carbocycles. The van der Waals surface area contributed by atoms with Crippen molar-refractivity contribution in [2.24, 2.45) is 0 Å². The summed E-state index contributed by atoms with van der Waals surface area (Å²) in [6.07, 6.45) is 0.891. The van der Waals surface area contributed by atoms with E-state index in [0.717, 1.165) is 17.2 Å². The second-order valence-corrected chi connectivity index (χ2v) is 5.82. The first-order valence-electron chi connectivity index (χ1n) is 7.14. The van der Waals surface area contributed by atoms with E-state index in [1.54, 1.807) is 12.5 Å². The van der Waals surface area contributed by atoms with Crippen LogP contribution in [-0.4, -0.2) is 24.0 Å². The van der Waals surface area contributed by atoms with E-state index in [1.807, 2.05) is 38.1 Å². The Labute approximate surface area is 134 Å². The number of nitrogens with zero attached hydrogens (tertiary/aromatic N) is 1. The van der Waals surface area contributed by atoms with Crippen molar-refractivity contribution >= 4 is 17.2 Å². The number of hydrogen-bond acceptors (Lipinski definition) is 5. The molecular formula is C16H20N2O3S. The van der Waals surface area contributed by atoms with Crippen LogP contribution in [0, 0.1) is 0 Å². The quantitative estimate of drug-likeness (QED) is 0.850. The standard InChI is InChI=1S/C16H20N2O3S/c1-4-11(2)17-16(19)14-10-22-15(18-14)9-21-13-7-5-6-12(8-13)20-3/h5-8,10-11H,4,9H2,1-3H3,(H,17,19). The van der Waals surface area contributed by atoms with E-state index in [4.69, 9.17) is 9.47 Å². The van der Waals surface area contributed by atoms with Gasteiger partial charge in [-0.2, -0.15) is 0 Å². The molecule has 1 atom stereocenters. The fourth-order valence-electron chi connectivity index (χ4n) is 1.72. The minimum absolute atomic E-state index is 0.141. The number of carbonyl (C=O) groups excluding carboxylic acids is 1. The molecule has 1 amide bonds. The lowest BCUT2D eigenvalue weighted by Gasteiger charge is -2.09. The van der Waals surface area contributed by atoms with Crippen molar-refractivity contribution in [2.75, 3.05) is 7.11 Å². The average molecular weight is 320 g/mol. The predicted molar refractivity (Wildman–Crippen MR) is 86.7 cm³/mol. The van der Waals surface area contributed by atoms with Gasteiger partial charge in [-0.3, -0.25) is 4.79 Å². The van der Waals surface area contributed by atoms with E-state index in [9.17, 15) is 4.79 Å². The molecule has 1 N–H and O–H groups in total. The van der Waals surface area contributed by atoms with Crippen molar-refractivity contribution < 1.29 is 14.3 Å². The highest BCUT2D eigenvalue weighted by Crippen LogP contribution is 2.20. The number of hydrogen-bond donors (Lipinski definition) is 1. The molecule has 0 aliphatic heterocycles. The number of nitrogens with one attached hydrogen (secondary N) is 1. The number of methoxy groups -OCH3 is 1. The molecule has 0 radical (unpaired) electrons. The maximum absolute atomic E-state index is 12.0. The molecule has 0 aliphatic carbocycles. The minimum atomic E-state index is -0.141. The number of thiazole rings is 1. The molecule has 0 saturated heterocycles. The van der Waals surface area contributed by atoms with Crippen molar-refractivity contribution in [3.63, 3.8) is 0 Å². The molecule has 0 fully saturated rings. The van der Waals surface area contributed by atoms with Gasteiger partial charge in [0.15, 0.2) is 0 Å². The Hall–Kier alpha value is -2.08. The van der Waals surface area contributed by atoms with Gasteiger partial charge in [-0.25, -0.2) is 4.98 Å². The minimum Gasteiger partial charge on any atom is -0.497 e. The molecule has 0 spiro atoms. The molecule has 1 aromatic heterocycles. The van der Waals surface area contributed by atoms with Crippen LogP contribution in [0.25, 0.3) is 0 Å². The summed E-state index contributed by atoms with van der Waals surface area (Å²) in [6.45, 7) is 4.32. The summed E-state index contributed by atoms with van der Waals surface area (Å²) in [7, 11) is 1.61. The van der Waals surface area contributed by atoms with Crippen LogP contribution in [0.15, 0.2) is 29.6 Å². The molecule has 0 bridgehead atoms. The largest absolute Gasteiger partial charge is 0.497 e. The van der Waals surface area contributed by atoms with Gasteiger partial charge in [0.05, 0.1) is 7.11 Å². The number of ether oxygens (including phenoxy) is 2. The Bertz CT molecular complexity index is 627. The zero-order valence-electron chi connectivity index (χ0n) is 13.0. The molecule has 1 aromatic carbocycles. The lowest BCUT2D eigenvalue weighted by Crippen LogP contribution is -2.32. The van der Waals surface area contributed by atoms with Crippen molar-refractivity contribution in [3.05, 3.63) is 40.3 Å². The third kappa shape index (κ3) is 4.46. The second kappa shape index (κ2) is 7.79. The summed E-state index contributed by atoms with van der Waals surface area (Å²) in [5.74, 6) is 1.31. The molecule has 6 heteroatoms. The SMILES string of the molecule is CCC(C)NC(=O)c1csc(COc2cccc(OC)c2)n1. The smallest absolute Gasteiger partial charge is 0.270 e. The van der Waals surface area contributed by atoms with Gasteiger partial charge in [0.2, 0.25) is 0 Å². The van der Waals surface area contributed by atoms with Gasteiger partial charge < -0.3 is 14.8 Å². The first-order valence-corrected chi connectivity index (χ1v) is 8.02. The van der Waals surface area contributed by atoms with E-state index in [2.05, 4.69) is 10.3 Å². The molecule has 2 aromatic rings. The highest BCUT2D eigenvalue weighted by atomic mass is 32.1. The first-order chi connectivity index (χ1) is 10.6. The summed E-state index contributed by atoms with van der Waals surface area (Å²) in [5, 5.41) is 5.41. The zero-order valence-corrected chi connectivity index (χ0v) is 13.8. The number of rotatable bonds is 7. The summed E-state index contributed by atoms with van der Waals surface area (Å²) >= 11 is 1.41. The number of carbonyl (C=O) groups is 1. The fraction of sp³-hybridized carbons (Fsp3) is 0.375. The lowest BCUT2D eigenvalue weighted by molar-refractivity contribution is 0.0934. The van der Waals surface area contributed by atoms with Crippen LogP contribution in [-0.2, 0) is 6.61 Å². The van der Waals surface area contributed by atoms with Gasteiger partial charge in [0, 0.05) is 17.5 Å². The van der Waals surface area contributed by atoms with E-state index in [-0.39, 0.29) is 11.9 Å². The molecular weight excluding hydrogens is 300 g/mol. The van der Waals surface area contributed by atoms with Crippen LogP contribution in [0.5, 0.6) is 11.5 Å². The second-order valence-electron chi connectivity index (χ2n) is 4.88. The van der Waals surface area contributed by atoms with E-state index >= 15 is 0 Å². The Kier molecular flexibility index (Phi) is 5.77. The van der Waals surface area contributed by atoms with Crippen molar-refractivity contribution in [2.45, 2.75) is 32.9 Å². The maximum atomic E-state index is 12.0. The molecule has 2 rings (SSSR count). The lowest BCUT2D eigenvalue weighted by atomic mass is 10.2. The Balaban J connectivity index is 1.93. The topological polar surface area (TPSA) is 60.5 Å². The predicted octanol–water partition coefficient (Wildman–Crippen LogP) is 3.26. The molecule has 22 heavy (non-hydrogen) atoms. The molecule has 0 aliphatic rings. The summed E-state index contributed by atoms with van der Waals surface area (Å²) in [5.41, 5.74) is 0.439. The third-order valence-electron chi connectivity index (χ3n) is 3.18. The van der Waals surface area contributed by atoms with Gasteiger partial charge in [-0.1, -0.05) is 13.0 Å². The summed E-state index contributed by atoms with van der Waals surface area (Å²) in [6, 6.07) is 7.52. The normalized spacial score (nSPS) is 11.8. The van der Waals surface area contributed by atoms with Gasteiger partial charge >= 0.3 is 0 Å². The van der Waals surface area contributed by atoms with Crippen LogP contribution in [0.4, 0.5) is 0 Å². The zero-order chi connectivity index (χ0) is 15.9. The van der Waals surface area contributed by atoms with Gasteiger partial charge in [-0.05, 0) is 25.5 Å². The average Bonchev–Trinajstić information content (AvgIpc) is 3.02. The summed E-state index contributed by atoms with van der Waals surface area (Å²) in [4.78, 5) is 16.3. The Morgan fingerprint density at radius 2 is 2.18 bits per heavy atom. The van der Waals surface area contributed by atoms with E-state index in [1.165, 1.54) is 11.3 Å². The van der Waals surface area contributed by atoms with Gasteiger partial charge in [0.1, 0.15) is 28.8 Å². The van der Waals surface area contributed by atoms with Crippen LogP contribution in [0.3, 0.4) is 0 Å². The van der Waals surface area contributed by atoms with Crippen molar-refractivity contribution in [1.82, 2.24) is 10.3 Å². The van der Waals surface area contributed by atoms with Crippen molar-refractivity contribution in [3.8, 4) is 11.5 Å². The van der Waals surface area contributed by atoms with Crippen LogP contribution < -0.4 is 14.8 Å². The molecule has 118 valence electrons. The van der Waals surface area contributed by atoms with Crippen LogP contribution in [0.1, 0.15) is 35.8 Å². The molecule has 1 unspecified atom stereocenters. The monoisotopic (exact) mass is 320 g/mol. The van der Waals surface area contributed by atoms with Gasteiger partial charge in [-0.15, -0.1) is 11.3 Å². The first kappa shape index (κ1) is 16.3. The number of amides is 1. The maximum Gasteiger partial charge on any atom is 0.270 e. The highest BCUT2D eigenvalue weighted by molar-refractivity contribution is 7.09.